The Bertz CT molecular complexity index is 94.0. The molecule has 0 aliphatic carbocycles. The Labute approximate surface area is 58.1 Å². The first kappa shape index (κ1) is 8.05. The van der Waals surface area contributed by atoms with Crippen molar-refractivity contribution in [1.29, 1.82) is 0 Å². The summed E-state index contributed by atoms with van der Waals surface area (Å²) in [6.07, 6.45) is 0.671. The molecule has 48 valence electrons. The Morgan fingerprint density at radius 1 is 1.88 bits per heavy atom. The first-order chi connectivity index (χ1) is 3.72. The van der Waals surface area contributed by atoms with E-state index in [0.29, 0.717) is 6.42 Å². The van der Waals surface area contributed by atoms with Crippen LogP contribution in [0.5, 0.6) is 0 Å². The van der Waals surface area contributed by atoms with Gasteiger partial charge in [-0.25, -0.2) is 0 Å². The normalized spacial score (nSPS) is 16.1. The van der Waals surface area contributed by atoms with Crippen LogP contribution in [-0.4, -0.2) is 15.8 Å². The summed E-state index contributed by atoms with van der Waals surface area (Å²) < 4.78 is 0. The summed E-state index contributed by atoms with van der Waals surface area (Å²) in [5.41, 5.74) is 0. The Kier molecular flexibility index (Phi) is 4.01. The lowest BCUT2D eigenvalue weighted by atomic mass is 10.4. The standard InChI is InChI=1S/C4H7Cl2NO/c1-2-3(5)4(6)7-8/h3,8H,2H2,1H3. The zero-order chi connectivity index (χ0) is 6.57. The lowest BCUT2D eigenvalue weighted by Gasteiger charge is -1.97. The van der Waals surface area contributed by atoms with E-state index in [0.717, 1.165) is 0 Å². The Morgan fingerprint density at radius 3 is 2.50 bits per heavy atom. The molecular weight excluding hydrogens is 149 g/mol. The van der Waals surface area contributed by atoms with Crippen molar-refractivity contribution in [3.05, 3.63) is 0 Å². The maximum Gasteiger partial charge on any atom is 0.163 e. The average molecular weight is 156 g/mol. The molecule has 8 heavy (non-hydrogen) atoms. The molecule has 0 fully saturated rings. The first-order valence-corrected chi connectivity index (χ1v) is 3.05. The highest BCUT2D eigenvalue weighted by Gasteiger charge is 2.06. The summed E-state index contributed by atoms with van der Waals surface area (Å²) in [7, 11) is 0. The van der Waals surface area contributed by atoms with Gasteiger partial charge >= 0.3 is 0 Å². The van der Waals surface area contributed by atoms with Crippen LogP contribution in [-0.2, 0) is 0 Å². The monoisotopic (exact) mass is 155 g/mol. The van der Waals surface area contributed by atoms with E-state index in [9.17, 15) is 0 Å². The second-order valence-electron chi connectivity index (χ2n) is 1.30. The summed E-state index contributed by atoms with van der Waals surface area (Å²) in [4.78, 5) is 0. The van der Waals surface area contributed by atoms with Crippen molar-refractivity contribution in [2.24, 2.45) is 5.16 Å². The van der Waals surface area contributed by atoms with Crippen molar-refractivity contribution in [3.8, 4) is 0 Å². The van der Waals surface area contributed by atoms with Crippen LogP contribution in [0.3, 0.4) is 0 Å². The van der Waals surface area contributed by atoms with Gasteiger partial charge in [0.2, 0.25) is 0 Å². The fourth-order valence-corrected chi connectivity index (χ4v) is 0.429. The smallest absolute Gasteiger partial charge is 0.163 e. The largest absolute Gasteiger partial charge is 0.410 e. The molecule has 0 aliphatic heterocycles. The van der Waals surface area contributed by atoms with Gasteiger partial charge in [0.15, 0.2) is 5.17 Å². The van der Waals surface area contributed by atoms with E-state index in [1.807, 2.05) is 6.92 Å². The van der Waals surface area contributed by atoms with Gasteiger partial charge in [-0.05, 0) is 6.42 Å². The molecule has 0 heterocycles. The van der Waals surface area contributed by atoms with Gasteiger partial charge < -0.3 is 5.21 Å². The Morgan fingerprint density at radius 2 is 2.38 bits per heavy atom. The molecule has 0 aliphatic rings. The summed E-state index contributed by atoms with van der Waals surface area (Å²) in [6.45, 7) is 1.85. The van der Waals surface area contributed by atoms with Crippen LogP contribution in [0.4, 0.5) is 0 Å². The number of rotatable bonds is 2. The molecule has 0 aromatic rings. The quantitative estimate of drug-likeness (QED) is 0.282. The summed E-state index contributed by atoms with van der Waals surface area (Å²) in [5.74, 6) is 0. The van der Waals surface area contributed by atoms with E-state index >= 15 is 0 Å². The molecule has 0 rings (SSSR count). The van der Waals surface area contributed by atoms with E-state index in [1.165, 1.54) is 0 Å². The Hall–Kier alpha value is 0.0500. The molecule has 1 N–H and O–H groups in total. The molecule has 0 saturated carbocycles. The predicted molar refractivity (Wildman–Crippen MR) is 35.0 cm³/mol. The van der Waals surface area contributed by atoms with E-state index in [2.05, 4.69) is 5.16 Å². The van der Waals surface area contributed by atoms with Gasteiger partial charge in [-0.15, -0.1) is 11.6 Å². The minimum Gasteiger partial charge on any atom is -0.410 e. The summed E-state index contributed by atoms with van der Waals surface area (Å²) in [6, 6.07) is 0. The van der Waals surface area contributed by atoms with Gasteiger partial charge in [-0.2, -0.15) is 0 Å². The van der Waals surface area contributed by atoms with Crippen LogP contribution in [0.2, 0.25) is 0 Å². The van der Waals surface area contributed by atoms with Crippen molar-refractivity contribution < 1.29 is 5.21 Å². The first-order valence-electron chi connectivity index (χ1n) is 2.23. The van der Waals surface area contributed by atoms with Gasteiger partial charge in [0.05, 0.1) is 5.38 Å². The number of nitrogens with zero attached hydrogens (tertiary/aromatic N) is 1. The lowest BCUT2D eigenvalue weighted by Crippen LogP contribution is -2.05. The fraction of sp³-hybridized carbons (Fsp3) is 0.750. The highest BCUT2D eigenvalue weighted by molar-refractivity contribution is 6.70. The molecule has 0 radical (unpaired) electrons. The average Bonchev–Trinajstić information content (AvgIpc) is 1.84. The molecule has 0 aromatic heterocycles. The lowest BCUT2D eigenvalue weighted by molar-refractivity contribution is 0.319. The minimum absolute atomic E-state index is 0.0502. The maximum atomic E-state index is 8.01. The molecule has 1 atom stereocenters. The van der Waals surface area contributed by atoms with Gasteiger partial charge in [0, 0.05) is 0 Å². The molecule has 0 aromatic carbocycles. The van der Waals surface area contributed by atoms with Crippen LogP contribution in [0.1, 0.15) is 13.3 Å². The predicted octanol–water partition coefficient (Wildman–Crippen LogP) is 2.03. The molecule has 1 unspecified atom stereocenters. The third-order valence-corrected chi connectivity index (χ3v) is 1.68. The van der Waals surface area contributed by atoms with E-state index in [1.54, 1.807) is 0 Å². The van der Waals surface area contributed by atoms with E-state index < -0.39 is 0 Å². The van der Waals surface area contributed by atoms with Crippen molar-refractivity contribution in [3.63, 3.8) is 0 Å². The third-order valence-electron chi connectivity index (χ3n) is 0.712. The van der Waals surface area contributed by atoms with Crippen LogP contribution in [0, 0.1) is 0 Å². The van der Waals surface area contributed by atoms with Gasteiger partial charge in [-0.3, -0.25) is 0 Å². The topological polar surface area (TPSA) is 32.6 Å². The van der Waals surface area contributed by atoms with Crippen LogP contribution >= 0.6 is 23.2 Å². The zero-order valence-corrected chi connectivity index (χ0v) is 5.95. The molecule has 0 amide bonds. The van der Waals surface area contributed by atoms with Crippen LogP contribution in [0.15, 0.2) is 5.16 Å². The van der Waals surface area contributed by atoms with Crippen molar-refractivity contribution in [1.82, 2.24) is 0 Å². The second kappa shape index (κ2) is 3.98. The molecular formula is C4H7Cl2NO. The zero-order valence-electron chi connectivity index (χ0n) is 4.43. The molecule has 4 heteroatoms. The van der Waals surface area contributed by atoms with Crippen LogP contribution < -0.4 is 0 Å². The van der Waals surface area contributed by atoms with Gasteiger partial charge in [0.1, 0.15) is 0 Å². The van der Waals surface area contributed by atoms with Crippen molar-refractivity contribution in [2.75, 3.05) is 0 Å². The van der Waals surface area contributed by atoms with Crippen LogP contribution in [0.25, 0.3) is 0 Å². The van der Waals surface area contributed by atoms with E-state index in [-0.39, 0.29) is 10.5 Å². The number of oxime groups is 1. The minimum atomic E-state index is -0.346. The number of halogens is 2. The summed E-state index contributed by atoms with van der Waals surface area (Å²) in [5, 5.41) is 10.4. The number of hydrogen-bond donors (Lipinski definition) is 1. The highest BCUT2D eigenvalue weighted by atomic mass is 35.5. The van der Waals surface area contributed by atoms with Crippen molar-refractivity contribution >= 4 is 28.4 Å². The summed E-state index contributed by atoms with van der Waals surface area (Å²) >= 11 is 10.8. The number of hydrogen-bond acceptors (Lipinski definition) is 2. The van der Waals surface area contributed by atoms with Crippen molar-refractivity contribution in [2.45, 2.75) is 18.7 Å². The SMILES string of the molecule is CCC(Cl)C(Cl)=NO. The molecule has 2 nitrogen and oxygen atoms in total. The van der Waals surface area contributed by atoms with E-state index in [4.69, 9.17) is 28.4 Å². The molecule has 0 spiro atoms. The van der Waals surface area contributed by atoms with Gasteiger partial charge in [-0.1, -0.05) is 23.7 Å². The molecule has 0 saturated heterocycles. The maximum absolute atomic E-state index is 8.01. The highest BCUT2D eigenvalue weighted by Crippen LogP contribution is 2.06. The fourth-order valence-electron chi connectivity index (χ4n) is 0.231. The van der Waals surface area contributed by atoms with Gasteiger partial charge in [0.25, 0.3) is 0 Å². The molecule has 0 bridgehead atoms. The Balaban J connectivity index is 3.63. The third kappa shape index (κ3) is 2.38. The number of alkyl halides is 1. The second-order valence-corrected chi connectivity index (χ2v) is 2.21.